The fourth-order valence-corrected chi connectivity index (χ4v) is 6.11. The van der Waals surface area contributed by atoms with Gasteiger partial charge in [0.15, 0.2) is 12.5 Å². The van der Waals surface area contributed by atoms with Crippen LogP contribution in [0.3, 0.4) is 0 Å². The van der Waals surface area contributed by atoms with Gasteiger partial charge in [0.2, 0.25) is 0 Å². The molecule has 0 aliphatic carbocycles. The van der Waals surface area contributed by atoms with Crippen molar-refractivity contribution in [2.75, 3.05) is 39.7 Å². The third-order valence-electron chi connectivity index (χ3n) is 8.51. The fraction of sp³-hybridized carbons (Fsp3) is 0.333. The summed E-state index contributed by atoms with van der Waals surface area (Å²) < 4.78 is 31.8. The maximum atomic E-state index is 15.5. The molecule has 45 heavy (non-hydrogen) atoms. The molecule has 3 aliphatic heterocycles. The Kier molecular flexibility index (Phi) is 8.55. The third kappa shape index (κ3) is 5.89. The molecular weight excluding hydrogens is 603 g/mol. The molecule has 0 saturated carbocycles. The minimum atomic E-state index is -0.657. The number of carbonyl (C=O) groups is 2. The lowest BCUT2D eigenvalue weighted by molar-refractivity contribution is -0.129. The fourth-order valence-electron chi connectivity index (χ4n) is 5.78. The maximum Gasteiger partial charge on any atom is 0.262 e. The number of aliphatic hydroxyl groups excluding tert-OH is 1. The number of nitrogens with zero attached hydrogens (tertiary/aromatic N) is 2. The number of nitrogens with one attached hydrogen (secondary N) is 2. The number of hydrogen-bond acceptors (Lipinski definition) is 8. The third-order valence-corrected chi connectivity index (χ3v) is 8.91. The average Bonchev–Trinajstić information content (AvgIpc) is 3.74. The van der Waals surface area contributed by atoms with E-state index in [0.717, 1.165) is 11.1 Å². The molecule has 236 valence electrons. The second-order valence-electron chi connectivity index (χ2n) is 11.4. The van der Waals surface area contributed by atoms with E-state index in [1.54, 1.807) is 43.3 Å². The molecule has 0 bridgehead atoms. The first-order chi connectivity index (χ1) is 21.6. The molecule has 10 nitrogen and oxygen atoms in total. The van der Waals surface area contributed by atoms with E-state index in [0.29, 0.717) is 45.3 Å². The number of aliphatic hydroxyl groups is 1. The Morgan fingerprint density at radius 1 is 1.11 bits per heavy atom. The molecule has 0 aromatic heterocycles. The SMILES string of the molecule is COc1cc(-c2cccc(-c3cccc(NC(=O)C4=CN(C)C5OC5N(C)C4=O)c3C)c2Cl)cc(F)c1CN[C@H]1COC[C@@H]1O. The van der Waals surface area contributed by atoms with Crippen molar-refractivity contribution >= 4 is 29.1 Å². The molecule has 2 amide bonds. The Hall–Kier alpha value is -4.00. The van der Waals surface area contributed by atoms with Crippen LogP contribution in [-0.4, -0.2) is 85.7 Å². The zero-order chi connectivity index (χ0) is 32.0. The lowest BCUT2D eigenvalue weighted by Gasteiger charge is -2.19. The zero-order valence-corrected chi connectivity index (χ0v) is 26.0. The first kappa shape index (κ1) is 31.0. The Bertz CT molecular complexity index is 1700. The standard InChI is InChI=1S/C33H34ClFN4O6/c1-17-19(7-6-10-25(17)37-30(41)23-14-38(2)32-33(45-32)39(3)31(23)42)21-9-5-8-20(29(21)34)18-11-24(35)22(28(12-18)43-4)13-36-26-15-44-16-27(26)40/h5-12,14,26-27,32-33,36,40H,13,15-16H2,1-4H3,(H,37,41)/t26-,27-,32?,33?/m0/s1. The van der Waals surface area contributed by atoms with E-state index in [9.17, 15) is 14.7 Å². The van der Waals surface area contributed by atoms with Crippen molar-refractivity contribution in [3.8, 4) is 28.0 Å². The number of methoxy groups -OCH3 is 1. The van der Waals surface area contributed by atoms with Crippen LogP contribution in [0.4, 0.5) is 10.1 Å². The van der Waals surface area contributed by atoms with Gasteiger partial charge in [-0.2, -0.15) is 0 Å². The average molecular weight is 637 g/mol. The summed E-state index contributed by atoms with van der Waals surface area (Å²) in [5.74, 6) is -1.10. The van der Waals surface area contributed by atoms with Crippen molar-refractivity contribution < 1.29 is 33.3 Å². The Morgan fingerprint density at radius 2 is 1.84 bits per heavy atom. The second-order valence-corrected chi connectivity index (χ2v) is 11.7. The number of benzene rings is 3. The summed E-state index contributed by atoms with van der Waals surface area (Å²) in [6.07, 6.45) is 0.194. The number of amides is 2. The van der Waals surface area contributed by atoms with Crippen LogP contribution in [0.5, 0.6) is 5.75 Å². The second kappa shape index (κ2) is 12.4. The molecule has 3 aromatic rings. The summed E-state index contributed by atoms with van der Waals surface area (Å²) >= 11 is 6.99. The molecule has 2 fully saturated rings. The van der Waals surface area contributed by atoms with Crippen LogP contribution in [-0.2, 0) is 25.6 Å². The van der Waals surface area contributed by atoms with Crippen LogP contribution in [0.15, 0.2) is 60.3 Å². The Labute approximate surface area is 265 Å². The number of rotatable bonds is 8. The van der Waals surface area contributed by atoms with Gasteiger partial charge in [-0.05, 0) is 41.8 Å². The molecule has 2 saturated heterocycles. The molecule has 3 N–H and O–H groups in total. The van der Waals surface area contributed by atoms with E-state index in [4.69, 9.17) is 25.8 Å². The number of epoxide rings is 1. The summed E-state index contributed by atoms with van der Waals surface area (Å²) in [6.45, 7) is 2.59. The van der Waals surface area contributed by atoms with E-state index in [1.165, 1.54) is 24.3 Å². The van der Waals surface area contributed by atoms with Crippen LogP contribution in [0, 0.1) is 12.7 Å². The maximum absolute atomic E-state index is 15.5. The van der Waals surface area contributed by atoms with Gasteiger partial charge in [-0.15, -0.1) is 0 Å². The molecule has 6 rings (SSSR count). The molecule has 3 aromatic carbocycles. The van der Waals surface area contributed by atoms with Crippen molar-refractivity contribution in [2.24, 2.45) is 0 Å². The summed E-state index contributed by atoms with van der Waals surface area (Å²) in [4.78, 5) is 29.4. The van der Waals surface area contributed by atoms with Crippen molar-refractivity contribution in [2.45, 2.75) is 38.1 Å². The van der Waals surface area contributed by atoms with Gasteiger partial charge in [0.25, 0.3) is 11.8 Å². The number of carbonyl (C=O) groups excluding carboxylic acids is 2. The zero-order valence-electron chi connectivity index (χ0n) is 25.3. The van der Waals surface area contributed by atoms with Crippen LogP contribution < -0.4 is 15.4 Å². The number of hydrogen-bond donors (Lipinski definition) is 3. The van der Waals surface area contributed by atoms with E-state index >= 15 is 4.39 Å². The smallest absolute Gasteiger partial charge is 0.262 e. The summed E-state index contributed by atoms with van der Waals surface area (Å²) in [5.41, 5.74) is 4.16. The summed E-state index contributed by atoms with van der Waals surface area (Å²) in [5, 5.41) is 16.4. The topological polar surface area (TPSA) is 116 Å². The van der Waals surface area contributed by atoms with E-state index in [1.807, 2.05) is 25.1 Å². The van der Waals surface area contributed by atoms with E-state index in [2.05, 4.69) is 10.6 Å². The predicted molar refractivity (Wildman–Crippen MR) is 167 cm³/mol. The van der Waals surface area contributed by atoms with Crippen LogP contribution in [0.1, 0.15) is 11.1 Å². The van der Waals surface area contributed by atoms with Gasteiger partial charge in [-0.1, -0.05) is 41.9 Å². The molecule has 3 aliphatic rings. The van der Waals surface area contributed by atoms with Gasteiger partial charge < -0.3 is 39.8 Å². The molecular formula is C33H34ClFN4O6. The van der Waals surface area contributed by atoms with Crippen LogP contribution in [0.25, 0.3) is 22.3 Å². The summed E-state index contributed by atoms with van der Waals surface area (Å²) in [6, 6.07) is 13.8. The molecule has 0 spiro atoms. The molecule has 3 heterocycles. The van der Waals surface area contributed by atoms with E-state index in [-0.39, 0.29) is 37.2 Å². The van der Waals surface area contributed by atoms with Crippen molar-refractivity contribution in [1.82, 2.24) is 15.1 Å². The highest BCUT2D eigenvalue weighted by atomic mass is 35.5. The van der Waals surface area contributed by atoms with Gasteiger partial charge in [0.05, 0.1) is 37.5 Å². The monoisotopic (exact) mass is 636 g/mol. The highest BCUT2D eigenvalue weighted by molar-refractivity contribution is 6.36. The molecule has 0 radical (unpaired) electrons. The quantitative estimate of drug-likeness (QED) is 0.252. The highest BCUT2D eigenvalue weighted by Crippen LogP contribution is 2.41. The van der Waals surface area contributed by atoms with E-state index < -0.39 is 23.7 Å². The number of halogens is 2. The van der Waals surface area contributed by atoms with Gasteiger partial charge in [0, 0.05) is 49.2 Å². The largest absolute Gasteiger partial charge is 0.496 e. The first-order valence-electron chi connectivity index (χ1n) is 14.5. The number of fused-ring (bicyclic) bond motifs is 1. The number of anilines is 1. The lowest BCUT2D eigenvalue weighted by Crippen LogP contribution is -2.38. The first-order valence-corrected chi connectivity index (χ1v) is 14.9. The highest BCUT2D eigenvalue weighted by Gasteiger charge is 2.50. The predicted octanol–water partition coefficient (Wildman–Crippen LogP) is 3.89. The van der Waals surface area contributed by atoms with Crippen molar-refractivity contribution in [3.05, 3.63) is 82.3 Å². The Balaban J connectivity index is 1.27. The molecule has 4 atom stereocenters. The summed E-state index contributed by atoms with van der Waals surface area (Å²) in [7, 11) is 4.84. The normalized spacial score (nSPS) is 22.6. The van der Waals surface area contributed by atoms with Gasteiger partial charge in [0.1, 0.15) is 17.1 Å². The van der Waals surface area contributed by atoms with Gasteiger partial charge in [-0.3, -0.25) is 9.59 Å². The minimum Gasteiger partial charge on any atom is -0.496 e. The van der Waals surface area contributed by atoms with Crippen LogP contribution in [0.2, 0.25) is 5.02 Å². The molecule has 12 heteroatoms. The number of likely N-dealkylation sites (N-methyl/N-ethyl adjacent to an activating group) is 2. The lowest BCUT2D eigenvalue weighted by atomic mass is 9.94. The Morgan fingerprint density at radius 3 is 2.58 bits per heavy atom. The minimum absolute atomic E-state index is 0.00278. The number of ether oxygens (including phenoxy) is 3. The van der Waals surface area contributed by atoms with Crippen molar-refractivity contribution in [1.29, 1.82) is 0 Å². The van der Waals surface area contributed by atoms with Gasteiger partial charge in [-0.25, -0.2) is 4.39 Å². The molecule has 2 unspecified atom stereocenters. The van der Waals surface area contributed by atoms with Crippen molar-refractivity contribution in [3.63, 3.8) is 0 Å². The van der Waals surface area contributed by atoms with Crippen LogP contribution >= 0.6 is 11.6 Å². The van der Waals surface area contributed by atoms with Gasteiger partial charge >= 0.3 is 0 Å².